The van der Waals surface area contributed by atoms with Crippen LogP contribution in [0.5, 0.6) is 0 Å². The first kappa shape index (κ1) is 53.6. The van der Waals surface area contributed by atoms with Gasteiger partial charge in [0.1, 0.15) is 0 Å². The van der Waals surface area contributed by atoms with E-state index in [2.05, 4.69) is 289 Å². The lowest BCUT2D eigenvalue weighted by molar-refractivity contribution is 1.02. The number of nitrogens with zero attached hydrogens (tertiary/aromatic N) is 6. The molecule has 14 rings (SSSR count). The number of hydrogen-bond donors (Lipinski definition) is 0. The van der Waals surface area contributed by atoms with Gasteiger partial charge in [-0.05, 0) is 104 Å². The third-order valence-corrected chi connectivity index (χ3v) is 20.9. The van der Waals surface area contributed by atoms with Gasteiger partial charge in [0.05, 0.1) is 17.1 Å². The Balaban J connectivity index is 0.852. The van der Waals surface area contributed by atoms with Crippen LogP contribution in [0.1, 0.15) is 0 Å². The number of hydrogen-bond acceptors (Lipinski definition) is 6. The maximum Gasteiger partial charge on any atom is 0.238 e. The summed E-state index contributed by atoms with van der Waals surface area (Å²) in [5, 5.41) is 5.24. The summed E-state index contributed by atoms with van der Waals surface area (Å²) in [5.41, 5.74) is 15.0. The van der Waals surface area contributed by atoms with Crippen LogP contribution in [0, 0.1) is 0 Å². The van der Waals surface area contributed by atoms with E-state index in [1.165, 1.54) is 26.3 Å². The Bertz CT molecular complexity index is 4230. The predicted octanol–water partition coefficient (Wildman–Crippen LogP) is 17.6. The van der Waals surface area contributed by atoms with Crippen LogP contribution < -0.4 is 30.5 Å². The maximum absolute atomic E-state index is 5.31. The maximum atomic E-state index is 5.31. The standard InChI is InChI=1S/C80H58N6Si/c1-9-25-63(26-10-1)76-57-71(58-77(81-76)64-27-11-2-12-28-64)86(80-83-78(65-29-13-3-14-30-65)82-79(84-80)66-31-15-4-16-32-66)70-51-43-60(44-52-70)62-47-55-75(56-48-62)87(72-37-21-7-22-38-72,73-39-23-8-24-40-73)74-53-45-61(46-54-74)59-41-49-69(50-42-59)85(67-33-17-5-18-34-67)68-35-19-6-20-36-68/h1-58H. The molecule has 0 spiro atoms. The van der Waals surface area contributed by atoms with Crippen molar-refractivity contribution in [1.29, 1.82) is 0 Å². The molecule has 0 aliphatic carbocycles. The second-order valence-corrected chi connectivity index (χ2v) is 25.2. The zero-order valence-electron chi connectivity index (χ0n) is 47.7. The zero-order valence-corrected chi connectivity index (χ0v) is 48.7. The van der Waals surface area contributed by atoms with Gasteiger partial charge in [-0.1, -0.05) is 291 Å². The van der Waals surface area contributed by atoms with E-state index in [-0.39, 0.29) is 0 Å². The van der Waals surface area contributed by atoms with E-state index in [0.29, 0.717) is 17.6 Å². The summed E-state index contributed by atoms with van der Waals surface area (Å²) < 4.78 is 0. The van der Waals surface area contributed by atoms with Crippen LogP contribution in [0.25, 0.3) is 67.5 Å². The second-order valence-electron chi connectivity index (χ2n) is 21.4. The molecule has 0 aliphatic heterocycles. The van der Waals surface area contributed by atoms with Gasteiger partial charge in [-0.2, -0.15) is 9.97 Å². The molecule has 0 unspecified atom stereocenters. The average Bonchev–Trinajstić information content (AvgIpc) is 1.58. The quantitative estimate of drug-likeness (QED) is 0.0710. The van der Waals surface area contributed by atoms with Crippen LogP contribution in [0.2, 0.25) is 0 Å². The number of aromatic nitrogens is 4. The number of pyridine rings is 1. The van der Waals surface area contributed by atoms with Crippen LogP contribution in [0.15, 0.2) is 352 Å². The van der Waals surface area contributed by atoms with Gasteiger partial charge in [0.25, 0.3) is 0 Å². The first-order chi connectivity index (χ1) is 43.1. The molecule has 0 fully saturated rings. The summed E-state index contributed by atoms with van der Waals surface area (Å²) in [5.74, 6) is 1.62. The van der Waals surface area contributed by atoms with E-state index in [9.17, 15) is 0 Å². The van der Waals surface area contributed by atoms with Gasteiger partial charge in [0.15, 0.2) is 19.7 Å². The van der Waals surface area contributed by atoms with Gasteiger partial charge in [0, 0.05) is 45.0 Å². The molecule has 2 heterocycles. The average molecular weight is 1130 g/mol. The van der Waals surface area contributed by atoms with Crippen LogP contribution in [-0.2, 0) is 0 Å². The number of rotatable bonds is 16. The summed E-state index contributed by atoms with van der Waals surface area (Å²) in [6.45, 7) is 0. The minimum absolute atomic E-state index is 0.479. The second kappa shape index (κ2) is 24.4. The van der Waals surface area contributed by atoms with Gasteiger partial charge in [-0.25, -0.2) is 9.97 Å². The van der Waals surface area contributed by atoms with Crippen molar-refractivity contribution in [3.05, 3.63) is 352 Å². The molecule has 0 aliphatic rings. The Morgan fingerprint density at radius 1 is 0.195 bits per heavy atom. The highest BCUT2D eigenvalue weighted by Gasteiger charge is 2.41. The fraction of sp³-hybridized carbons (Fsp3) is 0. The first-order valence-electron chi connectivity index (χ1n) is 29.4. The summed E-state index contributed by atoms with van der Waals surface area (Å²) in [4.78, 5) is 25.4. The lowest BCUT2D eigenvalue weighted by Gasteiger charge is -2.34. The van der Waals surface area contributed by atoms with Crippen molar-refractivity contribution in [3.63, 3.8) is 0 Å². The normalized spacial score (nSPS) is 11.2. The molecule has 0 N–H and O–H groups in total. The molecule has 0 bridgehead atoms. The smallest absolute Gasteiger partial charge is 0.238 e. The third kappa shape index (κ3) is 11.1. The van der Waals surface area contributed by atoms with Gasteiger partial charge in [-0.15, -0.1) is 0 Å². The lowest BCUT2D eigenvalue weighted by atomic mass is 10.0. The molecule has 0 atom stereocenters. The minimum atomic E-state index is -2.90. The van der Waals surface area contributed by atoms with Gasteiger partial charge < -0.3 is 4.90 Å². The van der Waals surface area contributed by atoms with Crippen LogP contribution in [-0.4, -0.2) is 28.0 Å². The molecular formula is C80H58N6Si. The van der Waals surface area contributed by atoms with E-state index in [1.54, 1.807) is 0 Å². The molecule has 12 aromatic carbocycles. The van der Waals surface area contributed by atoms with E-state index in [0.717, 1.165) is 78.8 Å². The number of benzene rings is 12. The van der Waals surface area contributed by atoms with Crippen molar-refractivity contribution in [3.8, 4) is 67.5 Å². The highest BCUT2D eigenvalue weighted by Crippen LogP contribution is 2.40. The van der Waals surface area contributed by atoms with E-state index < -0.39 is 8.07 Å². The number of para-hydroxylation sites is 2. The Hall–Kier alpha value is -11.4. The molecule has 0 radical (unpaired) electrons. The highest BCUT2D eigenvalue weighted by molar-refractivity contribution is 7.19. The van der Waals surface area contributed by atoms with Gasteiger partial charge in [0.2, 0.25) is 5.95 Å². The molecule has 2 aromatic heterocycles. The zero-order chi connectivity index (χ0) is 58.2. The minimum Gasteiger partial charge on any atom is -0.311 e. The summed E-state index contributed by atoms with van der Waals surface area (Å²) in [6.07, 6.45) is 0. The summed E-state index contributed by atoms with van der Waals surface area (Å²) in [7, 11) is -2.90. The molecule has 412 valence electrons. The van der Waals surface area contributed by atoms with Crippen molar-refractivity contribution in [2.75, 3.05) is 9.80 Å². The molecule has 87 heavy (non-hydrogen) atoms. The fourth-order valence-electron chi connectivity index (χ4n) is 11.8. The van der Waals surface area contributed by atoms with Crippen molar-refractivity contribution >= 4 is 63.2 Å². The molecule has 14 aromatic rings. The van der Waals surface area contributed by atoms with Crippen molar-refractivity contribution in [2.24, 2.45) is 0 Å². The SMILES string of the molecule is c1ccc(-c2cc(N(c3ccc(-c4ccc([Si](c5ccccc5)(c5ccccc5)c5ccc(-c6ccc(N(c7ccccc7)c7ccccc7)cc6)cc5)cc4)cc3)c3nc(-c4ccccc4)nc(-c4ccccc4)n3)cc(-c3ccccc3)n2)cc1. The molecule has 0 saturated heterocycles. The van der Waals surface area contributed by atoms with E-state index in [1.807, 2.05) is 72.8 Å². The summed E-state index contributed by atoms with van der Waals surface area (Å²) >= 11 is 0. The highest BCUT2D eigenvalue weighted by atomic mass is 28.3. The van der Waals surface area contributed by atoms with E-state index >= 15 is 0 Å². The molecule has 0 amide bonds. The van der Waals surface area contributed by atoms with Crippen LogP contribution in [0.4, 0.5) is 34.4 Å². The van der Waals surface area contributed by atoms with Gasteiger partial charge in [-0.3, -0.25) is 4.90 Å². The monoisotopic (exact) mass is 1130 g/mol. The largest absolute Gasteiger partial charge is 0.311 e. The Morgan fingerprint density at radius 3 is 0.828 bits per heavy atom. The predicted molar refractivity (Wildman–Crippen MR) is 363 cm³/mol. The number of anilines is 6. The Morgan fingerprint density at radius 2 is 0.471 bits per heavy atom. The van der Waals surface area contributed by atoms with Crippen LogP contribution >= 0.6 is 0 Å². The molecule has 0 saturated carbocycles. The first-order valence-corrected chi connectivity index (χ1v) is 31.4. The Labute approximate surface area is 509 Å². The molecule has 7 heteroatoms. The van der Waals surface area contributed by atoms with Crippen molar-refractivity contribution < 1.29 is 0 Å². The fourth-order valence-corrected chi connectivity index (χ4v) is 16.6. The molecular weight excluding hydrogens is 1070 g/mol. The topological polar surface area (TPSA) is 58.0 Å². The summed E-state index contributed by atoms with van der Waals surface area (Å²) in [6, 6.07) is 125. The van der Waals surface area contributed by atoms with Crippen LogP contribution in [0.3, 0.4) is 0 Å². The van der Waals surface area contributed by atoms with Gasteiger partial charge >= 0.3 is 0 Å². The lowest BCUT2D eigenvalue weighted by Crippen LogP contribution is -2.74. The van der Waals surface area contributed by atoms with E-state index in [4.69, 9.17) is 19.9 Å². The third-order valence-electron chi connectivity index (χ3n) is 16.1. The Kier molecular flexibility index (Phi) is 15.1. The van der Waals surface area contributed by atoms with Crippen molar-refractivity contribution in [1.82, 2.24) is 19.9 Å². The molecule has 6 nitrogen and oxygen atoms in total. The van der Waals surface area contributed by atoms with Crippen molar-refractivity contribution in [2.45, 2.75) is 0 Å².